The number of anilines is 1. The molecule has 3 aromatic heterocycles. The molecule has 6 rings (SSSR count). The van der Waals surface area contributed by atoms with E-state index < -0.39 is 0 Å². The minimum Gasteiger partial charge on any atom is -0.497 e. The van der Waals surface area contributed by atoms with Crippen molar-refractivity contribution in [1.82, 2.24) is 14.5 Å². The zero-order valence-electron chi connectivity index (χ0n) is 19.5. The molecule has 9 heteroatoms. The van der Waals surface area contributed by atoms with Gasteiger partial charge >= 0.3 is 0 Å². The fraction of sp³-hybridized carbons (Fsp3) is 0.400. The molecule has 0 atom stereocenters. The van der Waals surface area contributed by atoms with E-state index in [-0.39, 0.29) is 11.2 Å². The first-order chi connectivity index (χ1) is 16.4. The molecule has 34 heavy (non-hydrogen) atoms. The molecule has 0 unspecified atom stereocenters. The lowest BCUT2D eigenvalue weighted by Gasteiger charge is -2.36. The van der Waals surface area contributed by atoms with E-state index in [1.54, 1.807) is 18.0 Å². The van der Waals surface area contributed by atoms with E-state index in [2.05, 4.69) is 18.7 Å². The van der Waals surface area contributed by atoms with Gasteiger partial charge in [0.05, 0.1) is 43.7 Å². The summed E-state index contributed by atoms with van der Waals surface area (Å²) in [5.74, 6) is 1.69. The molecule has 1 saturated heterocycles. The van der Waals surface area contributed by atoms with Crippen LogP contribution in [-0.4, -0.2) is 53.5 Å². The van der Waals surface area contributed by atoms with Gasteiger partial charge in [-0.05, 0) is 43.7 Å². The van der Waals surface area contributed by atoms with Gasteiger partial charge in [-0.25, -0.2) is 9.97 Å². The molecule has 1 fully saturated rings. The number of hydrogen-bond donors (Lipinski definition) is 0. The number of hydrogen-bond acceptors (Lipinski definition) is 8. The molecule has 0 aliphatic carbocycles. The Morgan fingerprint density at radius 3 is 2.62 bits per heavy atom. The lowest BCUT2D eigenvalue weighted by molar-refractivity contribution is -0.0396. The van der Waals surface area contributed by atoms with Crippen LogP contribution in [-0.2, 0) is 22.5 Å². The Hall–Kier alpha value is -3.01. The number of methoxy groups -OCH3 is 1. The van der Waals surface area contributed by atoms with E-state index in [4.69, 9.17) is 24.2 Å². The maximum absolute atomic E-state index is 13.6. The molecule has 0 saturated carbocycles. The Morgan fingerprint density at radius 2 is 1.88 bits per heavy atom. The molecule has 0 spiro atoms. The van der Waals surface area contributed by atoms with E-state index in [0.29, 0.717) is 24.5 Å². The average molecular weight is 479 g/mol. The molecule has 5 heterocycles. The molecule has 0 N–H and O–H groups in total. The van der Waals surface area contributed by atoms with Crippen LogP contribution in [0.25, 0.3) is 26.1 Å². The van der Waals surface area contributed by atoms with Crippen molar-refractivity contribution in [3.63, 3.8) is 0 Å². The average Bonchev–Trinajstić information content (AvgIpc) is 3.24. The monoisotopic (exact) mass is 478 g/mol. The number of pyridine rings is 1. The van der Waals surface area contributed by atoms with E-state index in [1.807, 2.05) is 24.3 Å². The summed E-state index contributed by atoms with van der Waals surface area (Å²) in [6.45, 7) is 7.66. The quantitative estimate of drug-likeness (QED) is 0.444. The predicted octanol–water partition coefficient (Wildman–Crippen LogP) is 3.69. The zero-order chi connectivity index (χ0) is 23.4. The second kappa shape index (κ2) is 8.04. The highest BCUT2D eigenvalue weighted by Crippen LogP contribution is 2.42. The van der Waals surface area contributed by atoms with Gasteiger partial charge in [0.2, 0.25) is 0 Å². The summed E-state index contributed by atoms with van der Waals surface area (Å²) in [6, 6.07) is 7.40. The third kappa shape index (κ3) is 3.46. The summed E-state index contributed by atoms with van der Waals surface area (Å²) in [6.07, 6.45) is 2.36. The number of rotatable bonds is 3. The Balaban J connectivity index is 1.58. The Kier molecular flexibility index (Phi) is 5.09. The number of ether oxygens (including phenoxy) is 3. The van der Waals surface area contributed by atoms with Gasteiger partial charge in [0.1, 0.15) is 27.4 Å². The first-order valence-corrected chi connectivity index (χ1v) is 12.2. The summed E-state index contributed by atoms with van der Waals surface area (Å²) >= 11 is 1.43. The van der Waals surface area contributed by atoms with Crippen molar-refractivity contribution in [2.24, 2.45) is 0 Å². The molecule has 176 valence electrons. The third-order valence-electron chi connectivity index (χ3n) is 6.59. The topological polar surface area (TPSA) is 78.7 Å². The van der Waals surface area contributed by atoms with Gasteiger partial charge in [-0.1, -0.05) is 0 Å². The number of fused-ring (bicyclic) bond motifs is 5. The van der Waals surface area contributed by atoms with Crippen LogP contribution in [0.3, 0.4) is 0 Å². The predicted molar refractivity (Wildman–Crippen MR) is 133 cm³/mol. The van der Waals surface area contributed by atoms with Crippen LogP contribution in [0.1, 0.15) is 25.0 Å². The zero-order valence-corrected chi connectivity index (χ0v) is 20.3. The van der Waals surface area contributed by atoms with E-state index in [1.165, 1.54) is 16.9 Å². The minimum atomic E-state index is -0.296. The normalized spacial score (nSPS) is 17.8. The SMILES string of the molecule is COc1ccc(-n2cnc3c(sc4nc(N5CCOCC5)c5c(c43)CC(C)(C)OC5)c2=O)cc1. The van der Waals surface area contributed by atoms with Crippen molar-refractivity contribution in [1.29, 1.82) is 0 Å². The minimum absolute atomic E-state index is 0.0915. The van der Waals surface area contributed by atoms with Gasteiger partial charge in [-0.3, -0.25) is 9.36 Å². The number of nitrogens with zero attached hydrogens (tertiary/aromatic N) is 4. The third-order valence-corrected chi connectivity index (χ3v) is 7.66. The molecule has 0 amide bonds. The van der Waals surface area contributed by atoms with Crippen LogP contribution >= 0.6 is 11.3 Å². The smallest absolute Gasteiger partial charge is 0.275 e. The molecular weight excluding hydrogens is 452 g/mol. The van der Waals surface area contributed by atoms with Crippen molar-refractivity contribution in [2.75, 3.05) is 38.3 Å². The molecule has 2 aliphatic heterocycles. The highest BCUT2D eigenvalue weighted by molar-refractivity contribution is 7.25. The summed E-state index contributed by atoms with van der Waals surface area (Å²) in [4.78, 5) is 26.5. The number of thiophene rings is 1. The summed E-state index contributed by atoms with van der Waals surface area (Å²) in [5.41, 5.74) is 3.39. The molecule has 0 radical (unpaired) electrons. The highest BCUT2D eigenvalue weighted by atomic mass is 32.1. The Labute approximate surface area is 200 Å². The van der Waals surface area contributed by atoms with Crippen LogP contribution < -0.4 is 15.2 Å². The maximum atomic E-state index is 13.6. The molecule has 4 aromatic rings. The summed E-state index contributed by atoms with van der Waals surface area (Å²) < 4.78 is 19.2. The van der Waals surface area contributed by atoms with Crippen molar-refractivity contribution in [3.8, 4) is 11.4 Å². The second-order valence-corrected chi connectivity index (χ2v) is 10.3. The van der Waals surface area contributed by atoms with E-state index in [0.717, 1.165) is 58.1 Å². The van der Waals surface area contributed by atoms with Crippen molar-refractivity contribution < 1.29 is 14.2 Å². The lowest BCUT2D eigenvalue weighted by atomic mass is 9.90. The van der Waals surface area contributed by atoms with Gasteiger partial charge in [0.15, 0.2) is 0 Å². The largest absolute Gasteiger partial charge is 0.497 e. The van der Waals surface area contributed by atoms with Crippen molar-refractivity contribution >= 4 is 37.6 Å². The van der Waals surface area contributed by atoms with Crippen LogP contribution in [0.15, 0.2) is 35.4 Å². The van der Waals surface area contributed by atoms with E-state index in [9.17, 15) is 4.79 Å². The lowest BCUT2D eigenvalue weighted by Crippen LogP contribution is -2.39. The van der Waals surface area contributed by atoms with Gasteiger partial charge in [-0.15, -0.1) is 11.3 Å². The molecule has 8 nitrogen and oxygen atoms in total. The van der Waals surface area contributed by atoms with E-state index >= 15 is 0 Å². The Morgan fingerprint density at radius 1 is 1.12 bits per heavy atom. The molecular formula is C25H26N4O4S. The first-order valence-electron chi connectivity index (χ1n) is 11.4. The van der Waals surface area contributed by atoms with Crippen molar-refractivity contribution in [2.45, 2.75) is 32.5 Å². The van der Waals surface area contributed by atoms with Crippen LogP contribution in [0.4, 0.5) is 5.82 Å². The van der Waals surface area contributed by atoms with Crippen LogP contribution in [0.5, 0.6) is 5.75 Å². The summed E-state index contributed by atoms with van der Waals surface area (Å²) in [5, 5.41) is 0.988. The van der Waals surface area contributed by atoms with Crippen LogP contribution in [0.2, 0.25) is 0 Å². The maximum Gasteiger partial charge on any atom is 0.275 e. The van der Waals surface area contributed by atoms with Gasteiger partial charge < -0.3 is 19.1 Å². The fourth-order valence-corrected chi connectivity index (χ4v) is 5.90. The number of aromatic nitrogens is 3. The Bertz CT molecular complexity index is 1450. The molecule has 1 aromatic carbocycles. The standard InChI is InChI=1S/C25H26N4O4S/c1-25(2)12-17-18(13-33-25)22(28-8-10-32-11-9-28)27-23-19(17)20-21(34-23)24(30)29(14-26-20)15-4-6-16(31-3)7-5-15/h4-7,14H,8-13H2,1-3H3. The van der Waals surface area contributed by atoms with Gasteiger partial charge in [0, 0.05) is 30.5 Å². The summed E-state index contributed by atoms with van der Waals surface area (Å²) in [7, 11) is 1.62. The van der Waals surface area contributed by atoms with Gasteiger partial charge in [-0.2, -0.15) is 0 Å². The number of morpholine rings is 1. The fourth-order valence-electron chi connectivity index (χ4n) is 4.81. The second-order valence-electron chi connectivity index (χ2n) is 9.29. The number of benzene rings is 1. The van der Waals surface area contributed by atoms with Crippen molar-refractivity contribution in [3.05, 3.63) is 52.1 Å². The van der Waals surface area contributed by atoms with Gasteiger partial charge in [0.25, 0.3) is 5.56 Å². The molecule has 0 bridgehead atoms. The van der Waals surface area contributed by atoms with Crippen LogP contribution in [0, 0.1) is 0 Å². The highest BCUT2D eigenvalue weighted by Gasteiger charge is 2.33. The first kappa shape index (κ1) is 21.5. The molecule has 2 aliphatic rings.